The first kappa shape index (κ1) is 23.7. The number of carbonyl (C=O) groups is 2. The summed E-state index contributed by atoms with van der Waals surface area (Å²) in [4.78, 5) is 24.3. The van der Waals surface area contributed by atoms with Crippen molar-refractivity contribution in [1.29, 1.82) is 0 Å². The molecule has 34 heavy (non-hydrogen) atoms. The molecule has 1 fully saturated rings. The topological polar surface area (TPSA) is 125 Å². The molecule has 5 rings (SSSR count). The third kappa shape index (κ3) is 4.48. The Kier molecular flexibility index (Phi) is 6.85. The lowest BCUT2D eigenvalue weighted by Crippen LogP contribution is -2.27. The molecule has 2 aliphatic heterocycles. The van der Waals surface area contributed by atoms with E-state index in [0.717, 1.165) is 59.0 Å². The molecule has 10 nitrogen and oxygen atoms in total. The second-order valence-electron chi connectivity index (χ2n) is 8.14. The van der Waals surface area contributed by atoms with Crippen LogP contribution in [0.2, 0.25) is 0 Å². The van der Waals surface area contributed by atoms with Crippen LogP contribution in [0, 0.1) is 0 Å². The lowest BCUT2D eigenvalue weighted by Gasteiger charge is -2.22. The molecule has 2 N–H and O–H groups in total. The SMILES string of the molecule is CC(=O)N1CCc2cc(S(=O)(=O)n3ncc4ccc(N5CCCNCC5)cc43)ccc21.O=CO. The fraction of sp³-hybridized carbons (Fsp3) is 0.348. The van der Waals surface area contributed by atoms with Crippen LogP contribution >= 0.6 is 0 Å². The van der Waals surface area contributed by atoms with E-state index in [2.05, 4.69) is 15.3 Å². The van der Waals surface area contributed by atoms with Gasteiger partial charge in [-0.25, -0.2) is 0 Å². The Morgan fingerprint density at radius 1 is 1.12 bits per heavy atom. The van der Waals surface area contributed by atoms with Crippen molar-refractivity contribution in [2.45, 2.75) is 24.7 Å². The highest BCUT2D eigenvalue weighted by atomic mass is 32.2. The summed E-state index contributed by atoms with van der Waals surface area (Å²) in [5, 5.41) is 15.3. The summed E-state index contributed by atoms with van der Waals surface area (Å²) in [6, 6.07) is 10.8. The number of rotatable bonds is 3. The van der Waals surface area contributed by atoms with Gasteiger partial charge in [-0.15, -0.1) is 0 Å². The summed E-state index contributed by atoms with van der Waals surface area (Å²) in [5.74, 6) is -0.0383. The molecule has 0 radical (unpaired) electrons. The summed E-state index contributed by atoms with van der Waals surface area (Å²) in [7, 11) is -3.86. The molecule has 180 valence electrons. The molecule has 1 aromatic heterocycles. The van der Waals surface area contributed by atoms with Crippen molar-refractivity contribution in [1.82, 2.24) is 14.5 Å². The average Bonchev–Trinajstić information content (AvgIpc) is 3.34. The molecule has 1 amide bonds. The van der Waals surface area contributed by atoms with Crippen LogP contribution in [0.4, 0.5) is 11.4 Å². The van der Waals surface area contributed by atoms with Crippen LogP contribution in [0.3, 0.4) is 0 Å². The third-order valence-corrected chi connectivity index (χ3v) is 7.68. The van der Waals surface area contributed by atoms with Crippen LogP contribution in [0.25, 0.3) is 10.9 Å². The van der Waals surface area contributed by atoms with Crippen molar-refractivity contribution >= 4 is 44.7 Å². The van der Waals surface area contributed by atoms with Gasteiger partial charge in [0.15, 0.2) is 0 Å². The van der Waals surface area contributed by atoms with Gasteiger partial charge in [0.25, 0.3) is 16.5 Å². The van der Waals surface area contributed by atoms with E-state index >= 15 is 0 Å². The maximum absolute atomic E-state index is 13.5. The fourth-order valence-electron chi connectivity index (χ4n) is 4.44. The van der Waals surface area contributed by atoms with E-state index in [0.29, 0.717) is 18.5 Å². The predicted octanol–water partition coefficient (Wildman–Crippen LogP) is 1.68. The Hall–Kier alpha value is -3.44. The molecular weight excluding hydrogens is 458 g/mol. The van der Waals surface area contributed by atoms with Gasteiger partial charge in [-0.2, -0.15) is 17.6 Å². The van der Waals surface area contributed by atoms with Crippen LogP contribution < -0.4 is 15.1 Å². The monoisotopic (exact) mass is 485 g/mol. The van der Waals surface area contributed by atoms with Crippen molar-refractivity contribution in [3.63, 3.8) is 0 Å². The zero-order valence-corrected chi connectivity index (χ0v) is 19.7. The van der Waals surface area contributed by atoms with Gasteiger partial charge >= 0.3 is 0 Å². The lowest BCUT2D eigenvalue weighted by molar-refractivity contribution is -0.123. The molecule has 0 spiro atoms. The Balaban J connectivity index is 0.000000868. The van der Waals surface area contributed by atoms with E-state index in [-0.39, 0.29) is 17.3 Å². The number of carboxylic acid groups (broad SMARTS) is 1. The molecule has 0 unspecified atom stereocenters. The van der Waals surface area contributed by atoms with Crippen LogP contribution in [0.1, 0.15) is 18.9 Å². The number of anilines is 2. The number of fused-ring (bicyclic) bond motifs is 2. The van der Waals surface area contributed by atoms with E-state index < -0.39 is 10.0 Å². The summed E-state index contributed by atoms with van der Waals surface area (Å²) in [5.41, 5.74) is 3.22. The van der Waals surface area contributed by atoms with Gasteiger partial charge in [0, 0.05) is 49.9 Å². The van der Waals surface area contributed by atoms with Gasteiger partial charge in [-0.3, -0.25) is 9.59 Å². The first-order valence-electron chi connectivity index (χ1n) is 11.0. The Morgan fingerprint density at radius 3 is 2.68 bits per heavy atom. The van der Waals surface area contributed by atoms with Crippen molar-refractivity contribution in [2.24, 2.45) is 0 Å². The quantitative estimate of drug-likeness (QED) is 0.537. The molecule has 0 atom stereocenters. The van der Waals surface area contributed by atoms with Crippen LogP contribution in [0.15, 0.2) is 47.5 Å². The minimum Gasteiger partial charge on any atom is -0.483 e. The predicted molar refractivity (Wildman–Crippen MR) is 129 cm³/mol. The highest BCUT2D eigenvalue weighted by molar-refractivity contribution is 7.90. The second-order valence-corrected chi connectivity index (χ2v) is 9.91. The van der Waals surface area contributed by atoms with Gasteiger partial charge in [0.05, 0.1) is 16.6 Å². The normalized spacial score (nSPS) is 15.9. The molecular formula is C23H27N5O5S. The summed E-state index contributed by atoms with van der Waals surface area (Å²) >= 11 is 0. The van der Waals surface area contributed by atoms with Gasteiger partial charge in [0.2, 0.25) is 5.91 Å². The van der Waals surface area contributed by atoms with Gasteiger partial charge in [0.1, 0.15) is 0 Å². The summed E-state index contributed by atoms with van der Waals surface area (Å²) in [6.45, 7) is 5.55. The number of aromatic nitrogens is 2. The third-order valence-electron chi connectivity index (χ3n) is 6.08. The Morgan fingerprint density at radius 2 is 1.91 bits per heavy atom. The minimum atomic E-state index is -3.86. The van der Waals surface area contributed by atoms with Crippen molar-refractivity contribution in [3.05, 3.63) is 48.2 Å². The first-order chi connectivity index (χ1) is 16.4. The zero-order chi connectivity index (χ0) is 24.3. The van der Waals surface area contributed by atoms with E-state index in [9.17, 15) is 13.2 Å². The Bertz CT molecular complexity index is 1310. The number of carbonyl (C=O) groups excluding carboxylic acids is 1. The smallest absolute Gasteiger partial charge is 0.290 e. The maximum atomic E-state index is 13.5. The second kappa shape index (κ2) is 9.82. The standard InChI is InChI=1S/C22H25N5O3S.CH2O2/c1-16(28)26-11-7-17-13-20(5-6-21(17)26)31(29,30)27-22-14-19(4-3-18(22)15-24-27)25-10-2-8-23-9-12-25;2-1-3/h3-6,13-15,23H,2,7-12H2,1H3;1H,(H,2,3). The van der Waals surface area contributed by atoms with Crippen molar-refractivity contribution in [2.75, 3.05) is 42.5 Å². The number of nitrogens with one attached hydrogen (secondary N) is 1. The molecule has 0 bridgehead atoms. The fourth-order valence-corrected chi connectivity index (χ4v) is 5.76. The highest BCUT2D eigenvalue weighted by Crippen LogP contribution is 2.32. The molecule has 11 heteroatoms. The van der Waals surface area contributed by atoms with E-state index in [1.807, 2.05) is 18.2 Å². The van der Waals surface area contributed by atoms with E-state index in [4.69, 9.17) is 9.90 Å². The van der Waals surface area contributed by atoms with Crippen LogP contribution in [0.5, 0.6) is 0 Å². The zero-order valence-electron chi connectivity index (χ0n) is 18.8. The van der Waals surface area contributed by atoms with Gasteiger partial charge in [-0.05, 0) is 61.3 Å². The molecule has 2 aromatic carbocycles. The largest absolute Gasteiger partial charge is 0.483 e. The van der Waals surface area contributed by atoms with Gasteiger partial charge < -0.3 is 20.2 Å². The summed E-state index contributed by atoms with van der Waals surface area (Å²) in [6.07, 6.45) is 3.28. The van der Waals surface area contributed by atoms with Gasteiger partial charge in [-0.1, -0.05) is 0 Å². The van der Waals surface area contributed by atoms with Crippen molar-refractivity contribution < 1.29 is 23.1 Å². The molecule has 3 heterocycles. The number of nitrogens with zero attached hydrogens (tertiary/aromatic N) is 4. The maximum Gasteiger partial charge on any atom is 0.290 e. The lowest BCUT2D eigenvalue weighted by atomic mass is 10.2. The van der Waals surface area contributed by atoms with Crippen LogP contribution in [-0.2, 0) is 26.0 Å². The molecule has 3 aromatic rings. The first-order valence-corrected chi connectivity index (χ1v) is 12.5. The minimum absolute atomic E-state index is 0.0383. The van der Waals surface area contributed by atoms with E-state index in [1.165, 1.54) is 6.92 Å². The number of benzene rings is 2. The highest BCUT2D eigenvalue weighted by Gasteiger charge is 2.27. The molecule has 0 aliphatic carbocycles. The van der Waals surface area contributed by atoms with E-state index in [1.54, 1.807) is 29.3 Å². The summed E-state index contributed by atoms with van der Waals surface area (Å²) < 4.78 is 28.1. The van der Waals surface area contributed by atoms with Crippen molar-refractivity contribution in [3.8, 4) is 0 Å². The molecule has 0 saturated carbocycles. The average molecular weight is 486 g/mol. The number of hydrogen-bond acceptors (Lipinski definition) is 7. The van der Waals surface area contributed by atoms with Crippen LogP contribution in [-0.4, -0.2) is 67.8 Å². The molecule has 1 saturated heterocycles. The number of amides is 1. The number of hydrogen-bond donors (Lipinski definition) is 2. The molecule has 2 aliphatic rings. The Labute approximate surface area is 197 Å².